The molecule has 1 aliphatic carbocycles. The summed E-state index contributed by atoms with van der Waals surface area (Å²) in [6.07, 6.45) is -1.44. The Balaban J connectivity index is 1.21. The summed E-state index contributed by atoms with van der Waals surface area (Å²) in [7, 11) is 1.97. The predicted molar refractivity (Wildman–Crippen MR) is 417 cm³/mol. The molecule has 1 saturated heterocycles. The van der Waals surface area contributed by atoms with Crippen molar-refractivity contribution in [1.82, 2.24) is 42.5 Å². The van der Waals surface area contributed by atoms with Gasteiger partial charge in [0.2, 0.25) is 41.4 Å². The zero-order valence-electron chi connectivity index (χ0n) is 61.8. The molecule has 570 valence electrons. The predicted octanol–water partition coefficient (Wildman–Crippen LogP) is 9.04. The van der Waals surface area contributed by atoms with Crippen molar-refractivity contribution in [1.29, 1.82) is 0 Å². The number of alkyl carbamates (subject to hydrolysis) is 2. The van der Waals surface area contributed by atoms with Crippen LogP contribution in [0, 0.1) is 5.92 Å². The third kappa shape index (κ3) is 24.4. The summed E-state index contributed by atoms with van der Waals surface area (Å²) in [6.45, 7) is 15.0. The highest BCUT2D eigenvalue weighted by Gasteiger charge is 2.48. The van der Waals surface area contributed by atoms with Gasteiger partial charge in [0, 0.05) is 48.0 Å². The molecule has 9 atom stereocenters. The molecule has 107 heavy (non-hydrogen) atoms. The molecule has 1 fully saturated rings. The summed E-state index contributed by atoms with van der Waals surface area (Å²) in [4.78, 5) is 148. The van der Waals surface area contributed by atoms with Crippen LogP contribution < -0.4 is 48.3 Å². The molecule has 26 heteroatoms. The monoisotopic (exact) mass is 1520 g/mol. The Morgan fingerprint density at radius 1 is 0.607 bits per heavy atom. The van der Waals surface area contributed by atoms with Gasteiger partial charge in [0.1, 0.15) is 53.2 Å². The smallest absolute Gasteiger partial charge is 0.408 e. The number of rotatable bonds is 24. The van der Waals surface area contributed by atoms with Gasteiger partial charge >= 0.3 is 12.2 Å². The van der Waals surface area contributed by atoms with Crippen molar-refractivity contribution >= 4 is 98.2 Å². The molecule has 2 aliphatic rings. The maximum Gasteiger partial charge on any atom is 0.408 e. The van der Waals surface area contributed by atoms with E-state index < -0.39 is 141 Å². The van der Waals surface area contributed by atoms with Crippen molar-refractivity contribution in [3.63, 3.8) is 0 Å². The summed E-state index contributed by atoms with van der Waals surface area (Å²) in [5.41, 5.74) is 10.7. The number of unbranched alkanes of at least 4 members (excludes halogenated alkanes) is 1. The summed E-state index contributed by atoms with van der Waals surface area (Å²) in [5, 5.41) is 44.2. The van der Waals surface area contributed by atoms with Gasteiger partial charge in [-0.2, -0.15) is 0 Å². The standard InChI is InChI=1S/C81H99N9O14S3/c1-50(91)67-75(100)87-65(74(99)90-68(69(82)94)80(8,9)107-81(56-29-16-11-17-30-56,57-31-18-12-19-32-57)58-33-20-13-21-34-58)49-106-105-48-64(86-72(97)62(45-51-26-14-10-15-27-51)88-77(102)104-79(5,6)7)66(93)47-55(44-52-37-41-59(92)42-38-52)70(95)85-63(46-54-40-39-53-28-22-23-35-60(53)54)73(98)84-61(71(96)89-67)36-24-25-43-83-76(101)103-78(2,3)4/h10-23,26-35,37-38,40-42,50,55,61-65,67-68,91-92H,24-25,36,39,43-49H2,1-9H3,(H2,82,94)(H,83,101)(H,84,98)(H,85,95)(H,86,97)(H,87,100)(H,88,102)(H,89,96)(H,90,99)/t50-,55-,61+,62-,63-,64+,65+,67+,68+/m1/s1. The first-order valence-electron chi connectivity index (χ1n) is 35.8. The highest BCUT2D eigenvalue weighted by atomic mass is 33.1. The van der Waals surface area contributed by atoms with Crippen LogP contribution in [0.1, 0.15) is 133 Å². The fourth-order valence-electron chi connectivity index (χ4n) is 12.7. The molecule has 9 amide bonds. The first-order valence-corrected chi connectivity index (χ1v) is 39.1. The van der Waals surface area contributed by atoms with Crippen LogP contribution in [0.4, 0.5) is 9.59 Å². The number of amides is 9. The van der Waals surface area contributed by atoms with Gasteiger partial charge in [0.15, 0.2) is 5.78 Å². The number of aliphatic hydroxyl groups is 1. The zero-order valence-corrected chi connectivity index (χ0v) is 64.3. The Morgan fingerprint density at radius 3 is 1.73 bits per heavy atom. The molecule has 0 radical (unpaired) electrons. The molecule has 0 bridgehead atoms. The van der Waals surface area contributed by atoms with Gasteiger partial charge in [0.05, 0.1) is 16.9 Å². The van der Waals surface area contributed by atoms with Gasteiger partial charge in [-0.3, -0.25) is 38.4 Å². The van der Waals surface area contributed by atoms with Gasteiger partial charge in [-0.15, -0.1) is 11.8 Å². The van der Waals surface area contributed by atoms with E-state index in [4.69, 9.17) is 15.2 Å². The Hall–Kier alpha value is -9.63. The SMILES string of the molecule is C[C@@H](O)[C@@H]1NC(=O)[C@H](CCCCNC(=O)OC(C)(C)C)NC(=O)[C@@H](CC2=CCc3ccccc32)NC(=O)[C@H](Cc2ccc(O)cc2)CC(=O)[C@@H](NC(=O)[C@@H](Cc2ccccc2)NC(=O)OC(C)(C)C)CSSC[C@@H](C(=O)N[C@@H](C(N)=O)C(C)(C)SC(c2ccccc2)(c2ccccc2)c2ccccc2)NC1=O. The molecular formula is C81H99N9O14S3. The van der Waals surface area contributed by atoms with Crippen molar-refractivity contribution in [2.24, 2.45) is 11.7 Å². The number of benzene rings is 6. The van der Waals surface area contributed by atoms with Gasteiger partial charge < -0.3 is 68.0 Å². The second-order valence-corrected chi connectivity index (χ2v) is 33.6. The number of carbonyl (C=O) groups is 10. The number of carbonyl (C=O) groups excluding carboxylic acids is 10. The van der Waals surface area contributed by atoms with Gasteiger partial charge in [0.25, 0.3) is 0 Å². The number of hydrogen-bond donors (Lipinski definition) is 11. The average molecular weight is 1520 g/mol. The quantitative estimate of drug-likeness (QED) is 0.0153. The number of aliphatic hydroxyl groups excluding tert-OH is 1. The van der Waals surface area contributed by atoms with E-state index in [0.717, 1.165) is 49.4 Å². The van der Waals surface area contributed by atoms with Crippen molar-refractivity contribution in [2.75, 3.05) is 18.1 Å². The Kier molecular flexibility index (Phi) is 29.7. The lowest BCUT2D eigenvalue weighted by Crippen LogP contribution is -2.63. The Labute approximate surface area is 637 Å². The van der Waals surface area contributed by atoms with Crippen LogP contribution in [-0.2, 0) is 71.8 Å². The fourth-order valence-corrected chi connectivity index (χ4v) is 16.9. The van der Waals surface area contributed by atoms with Crippen molar-refractivity contribution < 1.29 is 67.6 Å². The lowest BCUT2D eigenvalue weighted by Gasteiger charge is -2.44. The molecule has 0 unspecified atom stereocenters. The van der Waals surface area contributed by atoms with Crippen LogP contribution in [0.3, 0.4) is 0 Å². The van der Waals surface area contributed by atoms with Crippen LogP contribution in [0.2, 0.25) is 0 Å². The number of nitrogens with one attached hydrogen (secondary N) is 8. The molecule has 1 heterocycles. The number of phenolic OH excluding ortho intramolecular Hbond substituents is 1. The lowest BCUT2D eigenvalue weighted by molar-refractivity contribution is -0.137. The average Bonchev–Trinajstić information content (AvgIpc) is 1.15. The second-order valence-electron chi connectivity index (χ2n) is 29.2. The first-order chi connectivity index (χ1) is 50.8. The Morgan fingerprint density at radius 2 is 1.15 bits per heavy atom. The van der Waals surface area contributed by atoms with E-state index >= 15 is 28.8 Å². The molecule has 1 aliphatic heterocycles. The number of hydrogen-bond acceptors (Lipinski definition) is 17. The molecule has 23 nitrogen and oxygen atoms in total. The maximum atomic E-state index is 15.5. The van der Waals surface area contributed by atoms with Crippen LogP contribution >= 0.6 is 33.3 Å². The second kappa shape index (κ2) is 38.3. The molecule has 6 aromatic carbocycles. The van der Waals surface area contributed by atoms with E-state index in [0.29, 0.717) is 23.1 Å². The summed E-state index contributed by atoms with van der Waals surface area (Å²) >= 11 is 1.37. The van der Waals surface area contributed by atoms with Crippen LogP contribution in [0.25, 0.3) is 5.57 Å². The number of ether oxygens (including phenoxy) is 2. The largest absolute Gasteiger partial charge is 0.508 e. The number of allylic oxidation sites excluding steroid dienone is 1. The topological polar surface area (TPSA) is 352 Å². The van der Waals surface area contributed by atoms with Crippen LogP contribution in [0.15, 0.2) is 176 Å². The van der Waals surface area contributed by atoms with Crippen LogP contribution in [-0.4, -0.2) is 152 Å². The van der Waals surface area contributed by atoms with E-state index in [2.05, 4.69) is 42.5 Å². The van der Waals surface area contributed by atoms with E-state index in [-0.39, 0.29) is 62.3 Å². The molecule has 0 aromatic heterocycles. The molecule has 12 N–H and O–H groups in total. The van der Waals surface area contributed by atoms with Gasteiger partial charge in [-0.05, 0) is 151 Å². The summed E-state index contributed by atoms with van der Waals surface area (Å²) < 4.78 is 8.67. The Bertz CT molecular complexity index is 3990. The van der Waals surface area contributed by atoms with Crippen molar-refractivity contribution in [3.8, 4) is 5.75 Å². The van der Waals surface area contributed by atoms with Gasteiger partial charge in [-0.1, -0.05) is 185 Å². The number of aromatic hydroxyl groups is 1. The number of fused-ring (bicyclic) bond motifs is 1. The highest BCUT2D eigenvalue weighted by Crippen LogP contribution is 2.54. The van der Waals surface area contributed by atoms with E-state index in [1.807, 2.05) is 121 Å². The third-order valence-electron chi connectivity index (χ3n) is 17.9. The van der Waals surface area contributed by atoms with Crippen LogP contribution in [0.5, 0.6) is 5.75 Å². The lowest BCUT2D eigenvalue weighted by atomic mass is 9.84. The molecular weight excluding hydrogens is 1420 g/mol. The molecule has 0 saturated carbocycles. The molecule has 8 rings (SSSR count). The fraction of sp³-hybridized carbons (Fsp3) is 0.407. The highest BCUT2D eigenvalue weighted by molar-refractivity contribution is 8.76. The number of thioether (sulfide) groups is 1. The van der Waals surface area contributed by atoms with E-state index in [1.54, 1.807) is 97.9 Å². The zero-order chi connectivity index (χ0) is 77.6. The first kappa shape index (κ1) is 83.0. The third-order valence-corrected chi connectivity index (χ3v) is 22.1. The van der Waals surface area contributed by atoms with E-state index in [1.165, 1.54) is 30.8 Å². The molecule has 0 spiro atoms. The van der Waals surface area contributed by atoms with Crippen molar-refractivity contribution in [3.05, 3.63) is 215 Å². The number of ketones is 1. The maximum absolute atomic E-state index is 15.5. The normalized spacial score (nSPS) is 19.6. The number of primary amides is 1. The number of Topliss-reactive ketones (excluding diaryl/α,β-unsaturated/α-hetero) is 1. The summed E-state index contributed by atoms with van der Waals surface area (Å²) in [6, 6.07) is 40.6. The van der Waals surface area contributed by atoms with Crippen molar-refractivity contribution in [2.45, 2.75) is 183 Å². The summed E-state index contributed by atoms with van der Waals surface area (Å²) in [5.74, 6) is -8.97. The minimum Gasteiger partial charge on any atom is -0.508 e. The number of phenols is 1. The number of nitrogens with two attached hydrogens (primary N) is 1. The molecule has 6 aromatic rings. The van der Waals surface area contributed by atoms with E-state index in [9.17, 15) is 29.4 Å². The minimum absolute atomic E-state index is 0.0606. The minimum atomic E-state index is -1.83. The van der Waals surface area contributed by atoms with Gasteiger partial charge in [-0.25, -0.2) is 9.59 Å².